The number of rotatable bonds is 2. The molecule has 3 aliphatic carbocycles. The molecule has 1 saturated heterocycles. The van der Waals surface area contributed by atoms with E-state index in [1.807, 2.05) is 0 Å². The van der Waals surface area contributed by atoms with Crippen LogP contribution in [0.1, 0.15) is 12.8 Å². The fraction of sp³-hybridized carbons (Fsp3) is 0.333. The van der Waals surface area contributed by atoms with Crippen LogP contribution in [0.2, 0.25) is 0 Å². The van der Waals surface area contributed by atoms with E-state index in [1.165, 1.54) is 6.07 Å². The van der Waals surface area contributed by atoms with Crippen LogP contribution in [0.5, 0.6) is 0 Å². The molecular formula is C21H17N3O3. The van der Waals surface area contributed by atoms with E-state index in [9.17, 15) is 14.9 Å². The maximum atomic E-state index is 13.4. The number of nitro groups is 1. The molecule has 1 amide bonds. The smallest absolute Gasteiger partial charge is 0.289 e. The molecule has 2 bridgehead atoms. The van der Waals surface area contributed by atoms with E-state index in [0.29, 0.717) is 16.5 Å². The Bertz CT molecular complexity index is 1050. The van der Waals surface area contributed by atoms with Crippen molar-refractivity contribution in [3.63, 3.8) is 0 Å². The summed E-state index contributed by atoms with van der Waals surface area (Å²) in [7, 11) is 0. The molecule has 0 radical (unpaired) electrons. The first-order valence-electron chi connectivity index (χ1n) is 9.16. The number of nitrogens with zero attached hydrogens (tertiary/aromatic N) is 3. The minimum atomic E-state index is -0.551. The van der Waals surface area contributed by atoms with Crippen LogP contribution in [0, 0.1) is 40.4 Å². The van der Waals surface area contributed by atoms with E-state index < -0.39 is 11.1 Å². The van der Waals surface area contributed by atoms with Gasteiger partial charge in [-0.3, -0.25) is 19.8 Å². The number of carbonyl (C=O) groups excluding carboxylic acids is 1. The van der Waals surface area contributed by atoms with Gasteiger partial charge in [0.05, 0.1) is 27.8 Å². The lowest BCUT2D eigenvalue weighted by Crippen LogP contribution is -2.39. The highest BCUT2D eigenvalue weighted by molar-refractivity contribution is 6.09. The third kappa shape index (κ3) is 2.08. The third-order valence-corrected chi connectivity index (χ3v) is 6.41. The van der Waals surface area contributed by atoms with Crippen LogP contribution in [0.15, 0.2) is 48.6 Å². The highest BCUT2D eigenvalue weighted by atomic mass is 16.6. The topological polar surface area (TPSA) is 67.8 Å². The Kier molecular flexibility index (Phi) is 3.35. The lowest BCUT2D eigenvalue weighted by molar-refractivity contribution is -0.383. The maximum absolute atomic E-state index is 13.4. The molecular weight excluding hydrogens is 342 g/mol. The minimum absolute atomic E-state index is 0.00713. The van der Waals surface area contributed by atoms with Gasteiger partial charge in [0.15, 0.2) is 0 Å². The largest absolute Gasteiger partial charge is 0.308 e. The second-order valence-electron chi connectivity index (χ2n) is 7.55. The van der Waals surface area contributed by atoms with Gasteiger partial charge in [0.1, 0.15) is 0 Å². The number of hydrogen-bond donors (Lipinski definition) is 0. The average Bonchev–Trinajstić information content (AvgIpc) is 3.02. The summed E-state index contributed by atoms with van der Waals surface area (Å²) in [5, 5.41) is 12.5. The summed E-state index contributed by atoms with van der Waals surface area (Å²) in [5.41, 5.74) is 0.621. The predicted octanol–water partition coefficient (Wildman–Crippen LogP) is 4.17. The van der Waals surface area contributed by atoms with Gasteiger partial charge in [-0.25, -0.2) is 11.5 Å². The van der Waals surface area contributed by atoms with Crippen LogP contribution in [0.3, 0.4) is 0 Å². The van der Waals surface area contributed by atoms with Crippen LogP contribution in [0.4, 0.5) is 11.4 Å². The Morgan fingerprint density at radius 3 is 2.44 bits per heavy atom. The summed E-state index contributed by atoms with van der Waals surface area (Å²) in [6.07, 6.45) is 5.79. The van der Waals surface area contributed by atoms with Gasteiger partial charge in [-0.2, -0.15) is 0 Å². The van der Waals surface area contributed by atoms with Gasteiger partial charge in [-0.1, -0.05) is 30.4 Å². The van der Waals surface area contributed by atoms with Crippen molar-refractivity contribution in [1.82, 2.24) is 0 Å². The number of carbonyl (C=O) groups is 1. The van der Waals surface area contributed by atoms with Crippen LogP contribution in [0.25, 0.3) is 15.6 Å². The molecule has 6 nitrogen and oxygen atoms in total. The fourth-order valence-corrected chi connectivity index (χ4v) is 5.29. The zero-order chi connectivity index (χ0) is 18.7. The number of fused-ring (bicyclic) bond motifs is 2. The van der Waals surface area contributed by atoms with Crippen LogP contribution >= 0.6 is 0 Å². The molecule has 4 aliphatic rings. The molecule has 2 unspecified atom stereocenters. The predicted molar refractivity (Wildman–Crippen MR) is 101 cm³/mol. The van der Waals surface area contributed by atoms with Crippen molar-refractivity contribution in [2.75, 3.05) is 4.90 Å². The molecule has 2 aromatic carbocycles. The lowest BCUT2D eigenvalue weighted by Gasteiger charge is -2.38. The second-order valence-corrected chi connectivity index (χ2v) is 7.55. The number of non-ortho nitro benzene ring substituents is 1. The monoisotopic (exact) mass is 359 g/mol. The van der Waals surface area contributed by atoms with Gasteiger partial charge in [0.2, 0.25) is 5.91 Å². The fourth-order valence-electron chi connectivity index (χ4n) is 5.29. The summed E-state index contributed by atoms with van der Waals surface area (Å²) in [5.74, 6) is 0.303. The van der Waals surface area contributed by atoms with Crippen LogP contribution in [-0.4, -0.2) is 17.0 Å². The molecule has 2 aromatic rings. The molecule has 2 fully saturated rings. The first-order chi connectivity index (χ1) is 13.1. The molecule has 1 saturated carbocycles. The highest BCUT2D eigenvalue weighted by Crippen LogP contribution is 2.53. The summed E-state index contributed by atoms with van der Waals surface area (Å²) in [4.78, 5) is 29.8. The number of allylic oxidation sites excluding steroid dienone is 2. The molecule has 0 aromatic heterocycles. The molecule has 0 spiro atoms. The number of benzene rings is 2. The number of amides is 1. The Hall–Kier alpha value is -3.20. The zero-order valence-corrected chi connectivity index (χ0v) is 14.5. The molecule has 1 heterocycles. The van der Waals surface area contributed by atoms with Crippen molar-refractivity contribution in [3.05, 3.63) is 70.1 Å². The van der Waals surface area contributed by atoms with E-state index in [0.717, 1.165) is 12.8 Å². The van der Waals surface area contributed by atoms with E-state index in [-0.39, 0.29) is 35.3 Å². The molecule has 6 rings (SSSR count). The van der Waals surface area contributed by atoms with Crippen molar-refractivity contribution in [1.29, 1.82) is 0 Å². The molecule has 5 atom stereocenters. The van der Waals surface area contributed by atoms with Crippen molar-refractivity contribution in [3.8, 4) is 0 Å². The number of hydrogen-bond acceptors (Lipinski definition) is 3. The molecule has 1 aliphatic heterocycles. The SMILES string of the molecule is [C-]#[N+][C@H]1[C@@H]2C3C=CC(CC3)[C@@H]2C(=O)N1c1ccc([N+](=O)[O-])c2ccccc12. The second kappa shape index (κ2) is 5.65. The normalized spacial score (nSPS) is 31.1. The quantitative estimate of drug-likeness (QED) is 0.350. The number of anilines is 1. The van der Waals surface area contributed by atoms with Crippen LogP contribution in [-0.2, 0) is 4.79 Å². The Labute approximate surface area is 156 Å². The summed E-state index contributed by atoms with van der Waals surface area (Å²) < 4.78 is 0. The van der Waals surface area contributed by atoms with Gasteiger partial charge >= 0.3 is 6.17 Å². The summed E-state index contributed by atoms with van der Waals surface area (Å²) in [6, 6.07) is 10.1. The lowest BCUT2D eigenvalue weighted by atomic mass is 9.63. The molecule has 6 heteroatoms. The Morgan fingerprint density at radius 2 is 1.78 bits per heavy atom. The van der Waals surface area contributed by atoms with Gasteiger partial charge in [0, 0.05) is 11.5 Å². The first-order valence-corrected chi connectivity index (χ1v) is 9.16. The Balaban J connectivity index is 1.69. The maximum Gasteiger partial charge on any atom is 0.308 e. The van der Waals surface area contributed by atoms with Gasteiger partial charge in [-0.05, 0) is 36.8 Å². The Morgan fingerprint density at radius 1 is 1.07 bits per heavy atom. The molecule has 134 valence electrons. The van der Waals surface area contributed by atoms with Crippen molar-refractivity contribution in [2.24, 2.45) is 23.7 Å². The van der Waals surface area contributed by atoms with Gasteiger partial charge in [0.25, 0.3) is 5.69 Å². The van der Waals surface area contributed by atoms with Crippen molar-refractivity contribution < 1.29 is 9.72 Å². The minimum Gasteiger partial charge on any atom is -0.289 e. The van der Waals surface area contributed by atoms with E-state index >= 15 is 0 Å². The average molecular weight is 359 g/mol. The van der Waals surface area contributed by atoms with E-state index in [4.69, 9.17) is 6.57 Å². The van der Waals surface area contributed by atoms with Crippen molar-refractivity contribution >= 4 is 28.1 Å². The van der Waals surface area contributed by atoms with E-state index in [1.54, 1.807) is 35.2 Å². The number of nitro benzene ring substituents is 1. The van der Waals surface area contributed by atoms with E-state index in [2.05, 4.69) is 17.0 Å². The summed E-state index contributed by atoms with van der Waals surface area (Å²) >= 11 is 0. The van der Waals surface area contributed by atoms with Crippen LogP contribution < -0.4 is 4.90 Å². The van der Waals surface area contributed by atoms with Gasteiger partial charge in [-0.15, -0.1) is 0 Å². The highest BCUT2D eigenvalue weighted by Gasteiger charge is 2.60. The third-order valence-electron chi connectivity index (χ3n) is 6.41. The van der Waals surface area contributed by atoms with Gasteiger partial charge < -0.3 is 0 Å². The van der Waals surface area contributed by atoms with Crippen molar-refractivity contribution in [2.45, 2.75) is 19.0 Å². The summed E-state index contributed by atoms with van der Waals surface area (Å²) in [6.45, 7) is 7.79. The molecule has 27 heavy (non-hydrogen) atoms. The standard InChI is InChI=1S/C21H17N3O3/c1-22-20-18-12-6-8-13(9-7-12)19(18)21(25)23(20)16-10-11-17(24(26)27)15-5-3-2-4-14(15)16/h2-6,8,10-13,18-20H,7,9H2/t12?,13?,18-,19+,20-/m1/s1. The first kappa shape index (κ1) is 16.0. The molecule has 0 N–H and O–H groups in total. The zero-order valence-electron chi connectivity index (χ0n) is 14.5.